The van der Waals surface area contributed by atoms with Gasteiger partial charge in [0.05, 0.1) is 36.7 Å². The number of nitrogens with one attached hydrogen (secondary N) is 1. The zero-order valence-corrected chi connectivity index (χ0v) is 25.2. The quantitative estimate of drug-likeness (QED) is 0.270. The van der Waals surface area contributed by atoms with Gasteiger partial charge in [-0.25, -0.2) is 9.97 Å². The fourth-order valence-corrected chi connectivity index (χ4v) is 6.39. The molecule has 1 N–H and O–H groups in total. The molecule has 0 bridgehead atoms. The highest BCUT2D eigenvalue weighted by Crippen LogP contribution is 2.37. The molecule has 0 radical (unpaired) electrons. The lowest BCUT2D eigenvalue weighted by Gasteiger charge is -2.35. The SMILES string of the molecule is CO[C@H]1CCC1NC(=O)c1cnn2c(N(C)Cc3ccccc3)cc(-c3cnc4n(C5CCOC[C@@H]5OC)cccc3-4)nc12. The Morgan fingerprint density at radius 3 is 2.66 bits per heavy atom. The van der Waals surface area contributed by atoms with Gasteiger partial charge in [-0.15, -0.1) is 0 Å². The monoisotopic (exact) mass is 595 g/mol. The van der Waals surface area contributed by atoms with Crippen LogP contribution in [0.25, 0.3) is 28.3 Å². The van der Waals surface area contributed by atoms with Crippen LogP contribution in [0.15, 0.2) is 67.1 Å². The fourth-order valence-electron chi connectivity index (χ4n) is 6.39. The summed E-state index contributed by atoms with van der Waals surface area (Å²) < 4.78 is 20.9. The van der Waals surface area contributed by atoms with E-state index in [0.29, 0.717) is 31.0 Å². The van der Waals surface area contributed by atoms with Crippen LogP contribution in [0, 0.1) is 0 Å². The molecule has 1 aromatic carbocycles. The van der Waals surface area contributed by atoms with Crippen molar-refractivity contribution in [2.45, 2.75) is 50.1 Å². The first kappa shape index (κ1) is 28.5. The number of pyridine rings is 1. The molecular weight excluding hydrogens is 558 g/mol. The van der Waals surface area contributed by atoms with Crippen LogP contribution in [0.4, 0.5) is 5.82 Å². The Hall–Kier alpha value is -4.32. The van der Waals surface area contributed by atoms with Gasteiger partial charge in [-0.05, 0) is 37.0 Å². The normalized spacial score (nSPS) is 21.8. The van der Waals surface area contributed by atoms with Gasteiger partial charge < -0.3 is 29.0 Å². The molecule has 44 heavy (non-hydrogen) atoms. The Morgan fingerprint density at radius 1 is 1.05 bits per heavy atom. The van der Waals surface area contributed by atoms with E-state index in [4.69, 9.17) is 24.2 Å². The van der Waals surface area contributed by atoms with Crippen molar-refractivity contribution < 1.29 is 19.0 Å². The first-order chi connectivity index (χ1) is 21.6. The number of benzene rings is 1. The summed E-state index contributed by atoms with van der Waals surface area (Å²) >= 11 is 0. The van der Waals surface area contributed by atoms with Crippen molar-refractivity contribution >= 4 is 17.4 Å². The summed E-state index contributed by atoms with van der Waals surface area (Å²) in [5.41, 5.74) is 4.66. The minimum Gasteiger partial charge on any atom is -0.379 e. The van der Waals surface area contributed by atoms with Crippen molar-refractivity contribution in [2.75, 3.05) is 39.4 Å². The molecule has 11 heteroatoms. The Labute approximate surface area is 256 Å². The van der Waals surface area contributed by atoms with Gasteiger partial charge in [-0.1, -0.05) is 30.3 Å². The van der Waals surface area contributed by atoms with Gasteiger partial charge >= 0.3 is 0 Å². The van der Waals surface area contributed by atoms with Crippen molar-refractivity contribution in [3.63, 3.8) is 0 Å². The number of hydrogen-bond donors (Lipinski definition) is 1. The van der Waals surface area contributed by atoms with Crippen LogP contribution in [-0.4, -0.2) is 82.8 Å². The molecule has 2 aromatic heterocycles. The maximum atomic E-state index is 13.5. The van der Waals surface area contributed by atoms with Crippen LogP contribution in [0.3, 0.4) is 0 Å². The van der Waals surface area contributed by atoms with Crippen LogP contribution >= 0.6 is 0 Å². The van der Waals surface area contributed by atoms with Crippen LogP contribution in [0.5, 0.6) is 0 Å². The van der Waals surface area contributed by atoms with E-state index in [1.807, 2.05) is 43.6 Å². The number of nitrogens with zero attached hydrogens (tertiary/aromatic N) is 6. The molecule has 0 spiro atoms. The highest BCUT2D eigenvalue weighted by molar-refractivity contribution is 6.00. The summed E-state index contributed by atoms with van der Waals surface area (Å²) in [6.45, 7) is 1.88. The van der Waals surface area contributed by atoms with Crippen molar-refractivity contribution in [1.29, 1.82) is 0 Å². The summed E-state index contributed by atoms with van der Waals surface area (Å²) in [5, 5.41) is 7.77. The Kier molecular flexibility index (Phi) is 7.75. The summed E-state index contributed by atoms with van der Waals surface area (Å²) in [5.74, 6) is 1.47. The van der Waals surface area contributed by atoms with Gasteiger partial charge in [0, 0.05) is 64.0 Å². The number of rotatable bonds is 9. The number of methoxy groups -OCH3 is 2. The average molecular weight is 596 g/mol. The van der Waals surface area contributed by atoms with Gasteiger partial charge in [0.1, 0.15) is 23.3 Å². The van der Waals surface area contributed by atoms with Gasteiger partial charge in [-0.2, -0.15) is 9.61 Å². The third kappa shape index (κ3) is 5.10. The first-order valence-electron chi connectivity index (χ1n) is 15.1. The van der Waals surface area contributed by atoms with E-state index >= 15 is 0 Å². The van der Waals surface area contributed by atoms with E-state index in [0.717, 1.165) is 53.3 Å². The molecule has 3 aromatic rings. The Balaban J connectivity index is 1.30. The number of ether oxygens (including phenoxy) is 3. The summed E-state index contributed by atoms with van der Waals surface area (Å²) in [6, 6.07) is 16.5. The van der Waals surface area contributed by atoms with Crippen LogP contribution in [0.2, 0.25) is 0 Å². The van der Waals surface area contributed by atoms with Gasteiger partial charge in [0.25, 0.3) is 5.91 Å². The molecule has 4 aliphatic rings. The first-order valence-corrected chi connectivity index (χ1v) is 15.1. The van der Waals surface area contributed by atoms with E-state index in [1.165, 1.54) is 0 Å². The number of amides is 1. The highest BCUT2D eigenvalue weighted by atomic mass is 16.5. The molecular formula is C33H37N7O4. The molecule has 1 amide bonds. The Morgan fingerprint density at radius 2 is 1.89 bits per heavy atom. The maximum Gasteiger partial charge on any atom is 0.257 e. The van der Waals surface area contributed by atoms with Crippen molar-refractivity contribution in [1.82, 2.24) is 29.5 Å². The lowest BCUT2D eigenvalue weighted by Crippen LogP contribution is -2.51. The van der Waals surface area contributed by atoms with Gasteiger partial charge in [0.15, 0.2) is 5.65 Å². The number of anilines is 1. The predicted molar refractivity (Wildman–Crippen MR) is 166 cm³/mol. The Bertz CT molecular complexity index is 1730. The summed E-state index contributed by atoms with van der Waals surface area (Å²) in [6.07, 6.45) is 8.15. The lowest BCUT2D eigenvalue weighted by atomic mass is 9.89. The topological polar surface area (TPSA) is 108 Å². The number of carbonyl (C=O) groups excluding carboxylic acids is 1. The summed E-state index contributed by atoms with van der Waals surface area (Å²) in [7, 11) is 5.43. The maximum absolute atomic E-state index is 13.5. The molecule has 1 aliphatic carbocycles. The van der Waals surface area contributed by atoms with Crippen LogP contribution < -0.4 is 10.2 Å². The molecule has 1 saturated heterocycles. The molecule has 5 heterocycles. The largest absolute Gasteiger partial charge is 0.379 e. The molecule has 2 unspecified atom stereocenters. The number of carbonyl (C=O) groups is 1. The number of aromatic nitrogens is 5. The van der Waals surface area contributed by atoms with E-state index in [2.05, 4.69) is 44.3 Å². The number of hydrogen-bond acceptors (Lipinski definition) is 8. The van der Waals surface area contributed by atoms with Gasteiger partial charge in [0.2, 0.25) is 0 Å². The molecule has 7 rings (SSSR count). The smallest absolute Gasteiger partial charge is 0.257 e. The van der Waals surface area contributed by atoms with Crippen LogP contribution in [0.1, 0.15) is 41.2 Å². The fraction of sp³-hybridized carbons (Fsp3) is 0.394. The van der Waals surface area contributed by atoms with Crippen molar-refractivity contribution in [3.8, 4) is 22.6 Å². The van der Waals surface area contributed by atoms with Crippen LogP contribution in [-0.2, 0) is 20.8 Å². The average Bonchev–Trinajstić information content (AvgIpc) is 3.68. The molecule has 3 aliphatic heterocycles. The molecule has 4 atom stereocenters. The standard InChI is InChI=1S/C33H37N7O4/c1-38(19-21-8-5-4-6-9-21)30-16-26(36-32-24(18-35-40(30)32)33(41)37-25-11-12-28(25)42-2)23-17-34-31-22(23)10-7-14-39(31)27-13-15-44-20-29(27)43-3/h4-10,14,16-18,25,27-29H,11-13,15,19-20H2,1-3H3,(H,37,41)/t25?,27?,28-,29-/m0/s1. The number of fused-ring (bicyclic) bond motifs is 2. The minimum atomic E-state index is -0.207. The second-order valence-electron chi connectivity index (χ2n) is 11.6. The molecule has 1 saturated carbocycles. The van der Waals surface area contributed by atoms with E-state index in [-0.39, 0.29) is 30.2 Å². The predicted octanol–water partition coefficient (Wildman–Crippen LogP) is 4.22. The van der Waals surface area contributed by atoms with Crippen molar-refractivity contribution in [3.05, 3.63) is 78.2 Å². The molecule has 2 fully saturated rings. The molecule has 11 nitrogen and oxygen atoms in total. The minimum absolute atomic E-state index is 0.0226. The van der Waals surface area contributed by atoms with Crippen molar-refractivity contribution in [2.24, 2.45) is 0 Å². The highest BCUT2D eigenvalue weighted by Gasteiger charge is 2.34. The lowest BCUT2D eigenvalue weighted by molar-refractivity contribution is -0.0600. The van der Waals surface area contributed by atoms with Gasteiger partial charge in [-0.3, -0.25) is 4.79 Å². The third-order valence-electron chi connectivity index (χ3n) is 8.99. The molecule has 228 valence electrons. The second-order valence-corrected chi connectivity index (χ2v) is 11.6. The zero-order valence-electron chi connectivity index (χ0n) is 25.2. The van der Waals surface area contributed by atoms with E-state index < -0.39 is 0 Å². The zero-order chi connectivity index (χ0) is 30.2. The second kappa shape index (κ2) is 12.0. The third-order valence-corrected chi connectivity index (χ3v) is 8.99. The summed E-state index contributed by atoms with van der Waals surface area (Å²) in [4.78, 5) is 25.6. The van der Waals surface area contributed by atoms with E-state index in [1.54, 1.807) is 24.9 Å². The van der Waals surface area contributed by atoms with E-state index in [9.17, 15) is 4.79 Å².